The van der Waals surface area contributed by atoms with Crippen LogP contribution in [0.15, 0.2) is 60.9 Å². The minimum Gasteiger partial charge on any atom is -0.366 e. The maximum atomic E-state index is 4.76. The van der Waals surface area contributed by atoms with Crippen LogP contribution >= 0.6 is 0 Å². The number of rotatable bonds is 6. The van der Waals surface area contributed by atoms with Crippen LogP contribution in [0, 0.1) is 12.8 Å². The predicted octanol–water partition coefficient (Wildman–Crippen LogP) is 4.25. The van der Waals surface area contributed by atoms with Gasteiger partial charge in [0.25, 0.3) is 0 Å². The third-order valence-electron chi connectivity index (χ3n) is 5.30. The standard InChI is InChI=1S/C23H27N5/c1-18-14-22(25-17-21-8-5-11-24-16-21)27-23(26-18)28-12-9-20(10-13-28)15-19-6-3-2-4-7-19/h2-8,11,14,16,20H,9-10,12-13,15,17H2,1H3,(H,25,26,27). The van der Waals surface area contributed by atoms with Crippen LogP contribution in [-0.2, 0) is 13.0 Å². The fourth-order valence-electron chi connectivity index (χ4n) is 3.76. The summed E-state index contributed by atoms with van der Waals surface area (Å²) in [5, 5.41) is 3.40. The van der Waals surface area contributed by atoms with E-state index in [0.717, 1.165) is 42.0 Å². The van der Waals surface area contributed by atoms with E-state index >= 15 is 0 Å². The van der Waals surface area contributed by atoms with Gasteiger partial charge in [-0.2, -0.15) is 4.98 Å². The average Bonchev–Trinajstić information content (AvgIpc) is 2.74. The van der Waals surface area contributed by atoms with E-state index in [1.807, 2.05) is 25.3 Å². The Balaban J connectivity index is 1.36. The number of aryl methyl sites for hydroxylation is 1. The van der Waals surface area contributed by atoms with Crippen LogP contribution in [0.2, 0.25) is 0 Å². The van der Waals surface area contributed by atoms with Crippen molar-refractivity contribution in [1.29, 1.82) is 0 Å². The van der Waals surface area contributed by atoms with Gasteiger partial charge in [0, 0.05) is 43.8 Å². The first kappa shape index (κ1) is 18.4. The average molecular weight is 374 g/mol. The van der Waals surface area contributed by atoms with Gasteiger partial charge in [0.15, 0.2) is 0 Å². The maximum Gasteiger partial charge on any atom is 0.227 e. The van der Waals surface area contributed by atoms with E-state index in [1.54, 1.807) is 6.20 Å². The molecule has 0 amide bonds. The molecule has 1 aliphatic rings. The number of anilines is 2. The van der Waals surface area contributed by atoms with E-state index in [1.165, 1.54) is 24.8 Å². The quantitative estimate of drug-likeness (QED) is 0.700. The lowest BCUT2D eigenvalue weighted by Gasteiger charge is -2.32. The van der Waals surface area contributed by atoms with Gasteiger partial charge in [0.2, 0.25) is 5.95 Å². The van der Waals surface area contributed by atoms with Crippen molar-refractivity contribution in [1.82, 2.24) is 15.0 Å². The van der Waals surface area contributed by atoms with Crippen LogP contribution in [0.5, 0.6) is 0 Å². The number of benzene rings is 1. The molecule has 0 spiro atoms. The van der Waals surface area contributed by atoms with Gasteiger partial charge in [-0.25, -0.2) is 4.98 Å². The van der Waals surface area contributed by atoms with E-state index in [-0.39, 0.29) is 0 Å². The Bertz CT molecular complexity index is 874. The molecule has 0 bridgehead atoms. The minimum absolute atomic E-state index is 0.711. The van der Waals surface area contributed by atoms with Gasteiger partial charge >= 0.3 is 0 Å². The highest BCUT2D eigenvalue weighted by atomic mass is 15.3. The summed E-state index contributed by atoms with van der Waals surface area (Å²) < 4.78 is 0. The molecular weight excluding hydrogens is 346 g/mol. The van der Waals surface area contributed by atoms with Gasteiger partial charge in [-0.1, -0.05) is 36.4 Å². The zero-order valence-corrected chi connectivity index (χ0v) is 16.4. The molecule has 1 saturated heterocycles. The third-order valence-corrected chi connectivity index (χ3v) is 5.30. The first-order chi connectivity index (χ1) is 13.8. The topological polar surface area (TPSA) is 53.9 Å². The Labute approximate surface area is 166 Å². The number of piperidine rings is 1. The summed E-state index contributed by atoms with van der Waals surface area (Å²) in [5.74, 6) is 2.45. The monoisotopic (exact) mass is 373 g/mol. The Hall–Kier alpha value is -2.95. The SMILES string of the molecule is Cc1cc(NCc2cccnc2)nc(N2CCC(Cc3ccccc3)CC2)n1. The van der Waals surface area contributed by atoms with Gasteiger partial charge in [-0.15, -0.1) is 0 Å². The van der Waals surface area contributed by atoms with E-state index < -0.39 is 0 Å². The van der Waals surface area contributed by atoms with E-state index in [9.17, 15) is 0 Å². The lowest BCUT2D eigenvalue weighted by Crippen LogP contribution is -2.35. The van der Waals surface area contributed by atoms with Crippen LogP contribution in [0.3, 0.4) is 0 Å². The van der Waals surface area contributed by atoms with Crippen LogP contribution in [0.25, 0.3) is 0 Å². The normalized spacial score (nSPS) is 14.8. The molecule has 4 rings (SSSR count). The molecule has 144 valence electrons. The largest absolute Gasteiger partial charge is 0.366 e. The van der Waals surface area contributed by atoms with Crippen molar-refractivity contribution < 1.29 is 0 Å². The van der Waals surface area contributed by atoms with Gasteiger partial charge in [0.1, 0.15) is 5.82 Å². The molecule has 1 aliphatic heterocycles. The molecule has 3 heterocycles. The molecule has 0 saturated carbocycles. The third kappa shape index (κ3) is 4.85. The molecule has 3 aromatic rings. The molecule has 0 radical (unpaired) electrons. The highest BCUT2D eigenvalue weighted by molar-refractivity contribution is 5.44. The van der Waals surface area contributed by atoms with Crippen LogP contribution < -0.4 is 10.2 Å². The molecular formula is C23H27N5. The smallest absolute Gasteiger partial charge is 0.227 e. The number of nitrogens with one attached hydrogen (secondary N) is 1. The maximum absolute atomic E-state index is 4.76. The second kappa shape index (κ2) is 8.83. The number of hydrogen-bond acceptors (Lipinski definition) is 5. The predicted molar refractivity (Wildman–Crippen MR) is 113 cm³/mol. The van der Waals surface area contributed by atoms with Crippen molar-refractivity contribution in [2.24, 2.45) is 5.92 Å². The van der Waals surface area contributed by atoms with Crippen molar-refractivity contribution in [3.63, 3.8) is 0 Å². The molecule has 1 N–H and O–H groups in total. The molecule has 1 fully saturated rings. The van der Waals surface area contributed by atoms with Crippen molar-refractivity contribution in [3.05, 3.63) is 77.7 Å². The molecule has 0 atom stereocenters. The second-order valence-electron chi connectivity index (χ2n) is 7.53. The zero-order chi connectivity index (χ0) is 19.2. The number of nitrogens with zero attached hydrogens (tertiary/aromatic N) is 4. The van der Waals surface area contributed by atoms with Crippen molar-refractivity contribution in [2.75, 3.05) is 23.3 Å². The Morgan fingerprint density at radius 1 is 1.00 bits per heavy atom. The number of aromatic nitrogens is 3. The fraction of sp³-hybridized carbons (Fsp3) is 0.348. The van der Waals surface area contributed by atoms with Crippen LogP contribution in [-0.4, -0.2) is 28.0 Å². The second-order valence-corrected chi connectivity index (χ2v) is 7.53. The molecule has 0 unspecified atom stereocenters. The highest BCUT2D eigenvalue weighted by Crippen LogP contribution is 2.25. The zero-order valence-electron chi connectivity index (χ0n) is 16.4. The fourth-order valence-corrected chi connectivity index (χ4v) is 3.76. The van der Waals surface area contributed by atoms with Crippen molar-refractivity contribution in [2.45, 2.75) is 32.7 Å². The Morgan fingerprint density at radius 3 is 2.54 bits per heavy atom. The van der Waals surface area contributed by atoms with Gasteiger partial charge in [0.05, 0.1) is 0 Å². The highest BCUT2D eigenvalue weighted by Gasteiger charge is 2.21. The number of hydrogen-bond donors (Lipinski definition) is 1. The lowest BCUT2D eigenvalue weighted by molar-refractivity contribution is 0.400. The van der Waals surface area contributed by atoms with E-state index in [4.69, 9.17) is 4.98 Å². The molecule has 2 aromatic heterocycles. The summed E-state index contributed by atoms with van der Waals surface area (Å²) in [6.07, 6.45) is 7.20. The summed E-state index contributed by atoms with van der Waals surface area (Å²) >= 11 is 0. The first-order valence-corrected chi connectivity index (χ1v) is 10.0. The molecule has 5 heteroatoms. The van der Waals surface area contributed by atoms with Gasteiger partial charge in [-0.05, 0) is 49.3 Å². The summed E-state index contributed by atoms with van der Waals surface area (Å²) in [5.41, 5.74) is 3.57. The van der Waals surface area contributed by atoms with Crippen LogP contribution in [0.4, 0.5) is 11.8 Å². The number of pyridine rings is 1. The van der Waals surface area contributed by atoms with Crippen molar-refractivity contribution in [3.8, 4) is 0 Å². The summed E-state index contributed by atoms with van der Waals surface area (Å²) in [4.78, 5) is 15.9. The lowest BCUT2D eigenvalue weighted by atomic mass is 9.90. The Kier molecular flexibility index (Phi) is 5.80. The molecule has 1 aromatic carbocycles. The van der Waals surface area contributed by atoms with E-state index in [2.05, 4.69) is 56.6 Å². The summed E-state index contributed by atoms with van der Waals surface area (Å²) in [6, 6.07) is 16.8. The van der Waals surface area contributed by atoms with Gasteiger partial charge in [-0.3, -0.25) is 4.98 Å². The molecule has 0 aliphatic carbocycles. The van der Waals surface area contributed by atoms with Gasteiger partial charge < -0.3 is 10.2 Å². The van der Waals surface area contributed by atoms with Crippen LogP contribution in [0.1, 0.15) is 29.7 Å². The summed E-state index contributed by atoms with van der Waals surface area (Å²) in [6.45, 7) is 4.78. The van der Waals surface area contributed by atoms with E-state index in [0.29, 0.717) is 6.54 Å². The molecule has 5 nitrogen and oxygen atoms in total. The summed E-state index contributed by atoms with van der Waals surface area (Å²) in [7, 11) is 0. The molecule has 28 heavy (non-hydrogen) atoms. The Morgan fingerprint density at radius 2 is 1.79 bits per heavy atom. The first-order valence-electron chi connectivity index (χ1n) is 10.0. The van der Waals surface area contributed by atoms with Crippen molar-refractivity contribution >= 4 is 11.8 Å². The minimum atomic E-state index is 0.711.